The van der Waals surface area contributed by atoms with Gasteiger partial charge in [-0.25, -0.2) is 9.59 Å². The SMILES string of the molecule is CCN(C(=O)C(/C(=C\C(=O)O)C(=O)O)C1CCN(C)CC1)c1ccc(Cl)c(Cl)c1Cl. The van der Waals surface area contributed by atoms with Crippen LogP contribution in [0.3, 0.4) is 0 Å². The Balaban J connectivity index is 2.55. The summed E-state index contributed by atoms with van der Waals surface area (Å²) in [6, 6.07) is 3.03. The molecule has 164 valence electrons. The molecule has 1 amide bonds. The molecular weight excluding hydrogens is 455 g/mol. The highest BCUT2D eigenvalue weighted by Crippen LogP contribution is 2.40. The molecule has 7 nitrogen and oxygen atoms in total. The van der Waals surface area contributed by atoms with Gasteiger partial charge in [0.25, 0.3) is 0 Å². The molecule has 1 atom stereocenters. The number of amides is 1. The number of carbonyl (C=O) groups excluding carboxylic acids is 1. The number of benzene rings is 1. The zero-order valence-corrected chi connectivity index (χ0v) is 18.8. The summed E-state index contributed by atoms with van der Waals surface area (Å²) in [5.41, 5.74) is -0.159. The maximum atomic E-state index is 13.6. The molecule has 1 aromatic carbocycles. The second-order valence-corrected chi connectivity index (χ2v) is 8.30. The predicted molar refractivity (Wildman–Crippen MR) is 117 cm³/mol. The minimum Gasteiger partial charge on any atom is -0.478 e. The van der Waals surface area contributed by atoms with E-state index in [0.29, 0.717) is 32.0 Å². The summed E-state index contributed by atoms with van der Waals surface area (Å²) in [5, 5.41) is 19.3. The molecule has 0 aliphatic carbocycles. The summed E-state index contributed by atoms with van der Waals surface area (Å²) < 4.78 is 0. The van der Waals surface area contributed by atoms with Gasteiger partial charge in [-0.05, 0) is 58.0 Å². The highest BCUT2D eigenvalue weighted by atomic mass is 35.5. The van der Waals surface area contributed by atoms with Crippen molar-refractivity contribution in [3.63, 3.8) is 0 Å². The first kappa shape index (κ1) is 24.5. The van der Waals surface area contributed by atoms with E-state index >= 15 is 0 Å². The summed E-state index contributed by atoms with van der Waals surface area (Å²) >= 11 is 18.4. The Kier molecular flexibility index (Phi) is 8.55. The Labute approximate surface area is 189 Å². The van der Waals surface area contributed by atoms with E-state index in [2.05, 4.69) is 4.90 Å². The van der Waals surface area contributed by atoms with Crippen molar-refractivity contribution >= 4 is 58.3 Å². The monoisotopic (exact) mass is 476 g/mol. The fourth-order valence-corrected chi connectivity index (χ4v) is 4.34. The van der Waals surface area contributed by atoms with Crippen molar-refractivity contribution < 1.29 is 24.6 Å². The minimum atomic E-state index is -1.44. The fourth-order valence-electron chi connectivity index (χ4n) is 3.71. The van der Waals surface area contributed by atoms with Crippen LogP contribution in [0, 0.1) is 11.8 Å². The summed E-state index contributed by atoms with van der Waals surface area (Å²) in [6.07, 6.45) is 1.72. The largest absolute Gasteiger partial charge is 0.478 e. The number of likely N-dealkylation sites (tertiary alicyclic amines) is 1. The topological polar surface area (TPSA) is 98.2 Å². The van der Waals surface area contributed by atoms with Crippen LogP contribution < -0.4 is 4.90 Å². The normalized spacial score (nSPS) is 16.9. The third-order valence-electron chi connectivity index (χ3n) is 5.25. The summed E-state index contributed by atoms with van der Waals surface area (Å²) in [4.78, 5) is 40.2. The molecule has 2 N–H and O–H groups in total. The summed E-state index contributed by atoms with van der Waals surface area (Å²) in [5.74, 6) is -4.87. The number of rotatable bonds is 7. The average Bonchev–Trinajstić information content (AvgIpc) is 2.69. The van der Waals surface area contributed by atoms with Gasteiger partial charge in [0, 0.05) is 12.6 Å². The van der Waals surface area contributed by atoms with E-state index in [-0.39, 0.29) is 33.2 Å². The van der Waals surface area contributed by atoms with Gasteiger partial charge >= 0.3 is 11.9 Å². The van der Waals surface area contributed by atoms with Crippen LogP contribution >= 0.6 is 34.8 Å². The van der Waals surface area contributed by atoms with Gasteiger partial charge in [-0.2, -0.15) is 0 Å². The number of hydrogen-bond acceptors (Lipinski definition) is 4. The lowest BCUT2D eigenvalue weighted by Crippen LogP contribution is -2.44. The first-order valence-electron chi connectivity index (χ1n) is 9.39. The van der Waals surface area contributed by atoms with Gasteiger partial charge in [0.05, 0.1) is 32.2 Å². The van der Waals surface area contributed by atoms with E-state index in [1.54, 1.807) is 6.92 Å². The van der Waals surface area contributed by atoms with Gasteiger partial charge in [-0.15, -0.1) is 0 Å². The van der Waals surface area contributed by atoms with E-state index in [4.69, 9.17) is 34.8 Å². The van der Waals surface area contributed by atoms with Crippen LogP contribution in [-0.4, -0.2) is 59.6 Å². The smallest absolute Gasteiger partial charge is 0.332 e. The molecule has 1 heterocycles. The summed E-state index contributed by atoms with van der Waals surface area (Å²) in [7, 11) is 1.94. The van der Waals surface area contributed by atoms with Crippen molar-refractivity contribution in [3.05, 3.63) is 38.8 Å². The molecule has 0 radical (unpaired) electrons. The Bertz CT molecular complexity index is 866. The van der Waals surface area contributed by atoms with E-state index < -0.39 is 29.3 Å². The van der Waals surface area contributed by atoms with Crippen molar-refractivity contribution in [2.75, 3.05) is 31.6 Å². The maximum absolute atomic E-state index is 13.6. The van der Waals surface area contributed by atoms with Crippen LogP contribution in [0.15, 0.2) is 23.8 Å². The van der Waals surface area contributed by atoms with E-state index in [1.165, 1.54) is 17.0 Å². The van der Waals surface area contributed by atoms with E-state index in [0.717, 1.165) is 0 Å². The molecule has 1 fully saturated rings. The molecule has 1 aliphatic heterocycles. The van der Waals surface area contributed by atoms with Gasteiger partial charge in [0.1, 0.15) is 0 Å². The molecule has 30 heavy (non-hydrogen) atoms. The summed E-state index contributed by atoms with van der Waals surface area (Å²) in [6.45, 7) is 3.24. The van der Waals surface area contributed by atoms with Crippen LogP contribution in [0.25, 0.3) is 0 Å². The lowest BCUT2D eigenvalue weighted by molar-refractivity contribution is -0.137. The lowest BCUT2D eigenvalue weighted by Gasteiger charge is -2.36. The molecule has 0 aromatic heterocycles. The van der Waals surface area contributed by atoms with Crippen molar-refractivity contribution in [2.45, 2.75) is 19.8 Å². The van der Waals surface area contributed by atoms with E-state index in [9.17, 15) is 24.6 Å². The first-order chi connectivity index (χ1) is 14.1. The highest BCUT2D eigenvalue weighted by Gasteiger charge is 2.39. The zero-order chi connectivity index (χ0) is 22.6. The standard InChI is InChI=1S/C20H23Cl3N2O5/c1-3-25(14-5-4-13(21)17(22)18(14)23)19(28)16(11-6-8-24(2)9-7-11)12(20(29)30)10-15(26)27/h4-5,10-11,16H,3,6-9H2,1-2H3,(H,26,27)(H,29,30)/b12-10+. The number of anilines is 1. The molecule has 2 rings (SSSR count). The van der Waals surface area contributed by atoms with Crippen LogP contribution in [0.2, 0.25) is 15.1 Å². The van der Waals surface area contributed by atoms with Gasteiger partial charge in [0.2, 0.25) is 5.91 Å². The van der Waals surface area contributed by atoms with Gasteiger partial charge in [-0.3, -0.25) is 4.79 Å². The number of halogens is 3. The maximum Gasteiger partial charge on any atom is 0.332 e. The second kappa shape index (κ2) is 10.5. The van der Waals surface area contributed by atoms with Crippen molar-refractivity contribution in [3.8, 4) is 0 Å². The molecule has 1 saturated heterocycles. The predicted octanol–water partition coefficient (Wildman–Crippen LogP) is 4.05. The number of carboxylic acids is 2. The lowest BCUT2D eigenvalue weighted by atomic mass is 9.78. The third kappa shape index (κ3) is 5.46. The van der Waals surface area contributed by atoms with Gasteiger partial charge in [0.15, 0.2) is 0 Å². The van der Waals surface area contributed by atoms with E-state index in [1.807, 2.05) is 7.05 Å². The van der Waals surface area contributed by atoms with Crippen LogP contribution in [0.4, 0.5) is 5.69 Å². The molecule has 1 aromatic rings. The number of carboxylic acid groups (broad SMARTS) is 2. The zero-order valence-electron chi connectivity index (χ0n) is 16.6. The number of nitrogens with zero attached hydrogens (tertiary/aromatic N) is 2. The van der Waals surface area contributed by atoms with Crippen LogP contribution in [-0.2, 0) is 14.4 Å². The van der Waals surface area contributed by atoms with Crippen LogP contribution in [0.1, 0.15) is 19.8 Å². The number of piperidine rings is 1. The molecule has 0 spiro atoms. The Morgan fingerprint density at radius 2 is 1.77 bits per heavy atom. The number of aliphatic carboxylic acids is 2. The fraction of sp³-hybridized carbons (Fsp3) is 0.450. The number of carbonyl (C=O) groups is 3. The first-order valence-corrected chi connectivity index (χ1v) is 10.5. The second-order valence-electron chi connectivity index (χ2n) is 7.14. The number of hydrogen-bond donors (Lipinski definition) is 2. The molecule has 1 unspecified atom stereocenters. The third-order valence-corrected chi connectivity index (χ3v) is 6.53. The Morgan fingerprint density at radius 3 is 2.27 bits per heavy atom. The van der Waals surface area contributed by atoms with Gasteiger partial charge in [-0.1, -0.05) is 34.8 Å². The van der Waals surface area contributed by atoms with Crippen LogP contribution in [0.5, 0.6) is 0 Å². The molecule has 10 heteroatoms. The minimum absolute atomic E-state index is 0.0700. The molecule has 0 bridgehead atoms. The molecule has 0 saturated carbocycles. The Hall–Kier alpha value is -1.80. The van der Waals surface area contributed by atoms with Crippen molar-refractivity contribution in [2.24, 2.45) is 11.8 Å². The quantitative estimate of drug-likeness (QED) is 0.454. The molecule has 1 aliphatic rings. The average molecular weight is 478 g/mol. The molecular formula is C20H23Cl3N2O5. The Morgan fingerprint density at radius 1 is 1.17 bits per heavy atom. The van der Waals surface area contributed by atoms with Gasteiger partial charge < -0.3 is 20.0 Å². The van der Waals surface area contributed by atoms with Crippen molar-refractivity contribution in [1.29, 1.82) is 0 Å². The van der Waals surface area contributed by atoms with Crippen molar-refractivity contribution in [1.82, 2.24) is 4.90 Å². The highest BCUT2D eigenvalue weighted by molar-refractivity contribution is 6.49.